The van der Waals surface area contributed by atoms with Crippen LogP contribution in [0.5, 0.6) is 0 Å². The van der Waals surface area contributed by atoms with Crippen LogP contribution in [0.15, 0.2) is 35.3 Å². The minimum absolute atomic E-state index is 0.0103. The molecule has 5 atom stereocenters. The molecule has 14 heteroatoms. The van der Waals surface area contributed by atoms with E-state index < -0.39 is 53.8 Å². The summed E-state index contributed by atoms with van der Waals surface area (Å²) in [6.07, 6.45) is 2.52. The first kappa shape index (κ1) is 38.0. The van der Waals surface area contributed by atoms with Gasteiger partial charge in [0, 0.05) is 19.5 Å². The lowest BCUT2D eigenvalue weighted by Gasteiger charge is -2.30. The Hall–Kier alpha value is -4.20. The average molecular weight is 644 g/mol. The standard InChI is InChI=1S/C32H53N9O5/c1-19(2)16-22(33)31(46)41-15-9-13-26(41)30(45)40-25(17-20(3)4)29(44)38-23(12-8-14-37-32(35)36)28(43)39-24(27(34)42)18-21-10-6-5-7-11-21/h5-7,10-11,19-20,22-26H,8-9,12-18,33H2,1-4H3,(H2,34,42)(H,38,44)(H,39,43)(H,40,45)(H4,35,36,37)/t22-,23-,24-,25-,26-/m0/s1. The van der Waals surface area contributed by atoms with Crippen LogP contribution in [0.2, 0.25) is 0 Å². The maximum absolute atomic E-state index is 13.7. The number of carbonyl (C=O) groups excluding carboxylic acids is 5. The Morgan fingerprint density at radius 1 is 0.870 bits per heavy atom. The summed E-state index contributed by atoms with van der Waals surface area (Å²) >= 11 is 0. The van der Waals surface area contributed by atoms with Gasteiger partial charge in [0.2, 0.25) is 29.5 Å². The number of benzene rings is 1. The summed E-state index contributed by atoms with van der Waals surface area (Å²) in [5.41, 5.74) is 23.4. The van der Waals surface area contributed by atoms with Crippen molar-refractivity contribution in [3.63, 3.8) is 0 Å². The number of nitrogens with one attached hydrogen (secondary N) is 3. The first-order valence-corrected chi connectivity index (χ1v) is 16.0. The molecule has 1 aliphatic heterocycles. The van der Waals surface area contributed by atoms with Crippen molar-refractivity contribution in [3.05, 3.63) is 35.9 Å². The van der Waals surface area contributed by atoms with Crippen molar-refractivity contribution < 1.29 is 24.0 Å². The van der Waals surface area contributed by atoms with Crippen LogP contribution in [-0.4, -0.2) is 83.7 Å². The zero-order chi connectivity index (χ0) is 34.4. The lowest BCUT2D eigenvalue weighted by molar-refractivity contribution is -0.141. The fourth-order valence-corrected chi connectivity index (χ4v) is 5.49. The number of aliphatic imine (C=N–C) groups is 1. The molecule has 11 N–H and O–H groups in total. The molecule has 14 nitrogen and oxygen atoms in total. The van der Waals surface area contributed by atoms with Crippen molar-refractivity contribution in [1.82, 2.24) is 20.9 Å². The van der Waals surface area contributed by atoms with E-state index in [0.29, 0.717) is 32.2 Å². The Morgan fingerprint density at radius 3 is 2.07 bits per heavy atom. The smallest absolute Gasteiger partial charge is 0.243 e. The minimum Gasteiger partial charge on any atom is -0.370 e. The van der Waals surface area contributed by atoms with E-state index in [1.807, 2.05) is 58.0 Å². The second kappa shape index (κ2) is 18.7. The number of hydrogen-bond donors (Lipinski definition) is 7. The van der Waals surface area contributed by atoms with Gasteiger partial charge in [-0.3, -0.25) is 29.0 Å². The van der Waals surface area contributed by atoms with E-state index in [1.165, 1.54) is 4.90 Å². The summed E-state index contributed by atoms with van der Waals surface area (Å²) < 4.78 is 0. The van der Waals surface area contributed by atoms with Gasteiger partial charge >= 0.3 is 0 Å². The number of nitrogens with zero attached hydrogens (tertiary/aromatic N) is 2. The van der Waals surface area contributed by atoms with Gasteiger partial charge in [-0.05, 0) is 55.9 Å². The zero-order valence-electron chi connectivity index (χ0n) is 27.5. The van der Waals surface area contributed by atoms with Crippen LogP contribution in [0.1, 0.15) is 71.8 Å². The molecular weight excluding hydrogens is 590 g/mol. The van der Waals surface area contributed by atoms with Crippen molar-refractivity contribution in [2.75, 3.05) is 13.1 Å². The van der Waals surface area contributed by atoms with Crippen molar-refractivity contribution in [2.45, 2.75) is 103 Å². The highest BCUT2D eigenvalue weighted by atomic mass is 16.2. The molecule has 5 amide bonds. The first-order valence-electron chi connectivity index (χ1n) is 16.0. The summed E-state index contributed by atoms with van der Waals surface area (Å²) in [5, 5.41) is 8.26. The molecule has 2 rings (SSSR count). The van der Waals surface area contributed by atoms with Gasteiger partial charge in [-0.15, -0.1) is 0 Å². The Morgan fingerprint density at radius 2 is 1.48 bits per heavy atom. The van der Waals surface area contributed by atoms with Crippen LogP contribution in [0.3, 0.4) is 0 Å². The van der Waals surface area contributed by atoms with Crippen molar-refractivity contribution in [1.29, 1.82) is 0 Å². The fourth-order valence-electron chi connectivity index (χ4n) is 5.49. The number of rotatable bonds is 18. The maximum Gasteiger partial charge on any atom is 0.243 e. The number of guanidine groups is 1. The van der Waals surface area contributed by atoms with Gasteiger partial charge in [0.25, 0.3) is 0 Å². The van der Waals surface area contributed by atoms with Gasteiger partial charge in [-0.1, -0.05) is 58.0 Å². The molecule has 1 aromatic carbocycles. The number of likely N-dealkylation sites (tertiary alicyclic amines) is 1. The zero-order valence-corrected chi connectivity index (χ0v) is 27.5. The lowest BCUT2D eigenvalue weighted by atomic mass is 10.0. The van der Waals surface area contributed by atoms with E-state index in [1.54, 1.807) is 0 Å². The molecule has 0 aromatic heterocycles. The van der Waals surface area contributed by atoms with Gasteiger partial charge in [0.1, 0.15) is 24.2 Å². The van der Waals surface area contributed by atoms with Gasteiger partial charge < -0.3 is 43.8 Å². The third-order valence-corrected chi connectivity index (χ3v) is 7.74. The Labute approximate surface area is 271 Å². The molecule has 0 aliphatic carbocycles. The van der Waals surface area contributed by atoms with Crippen LogP contribution in [0.25, 0.3) is 0 Å². The molecule has 1 fully saturated rings. The van der Waals surface area contributed by atoms with E-state index in [4.69, 9.17) is 22.9 Å². The topological polar surface area (TPSA) is 241 Å². The molecule has 0 unspecified atom stereocenters. The summed E-state index contributed by atoms with van der Waals surface area (Å²) in [6, 6.07) is 4.53. The largest absolute Gasteiger partial charge is 0.370 e. The molecule has 1 saturated heterocycles. The Bertz CT molecular complexity index is 1200. The van der Waals surface area contributed by atoms with E-state index in [2.05, 4.69) is 20.9 Å². The average Bonchev–Trinajstić information content (AvgIpc) is 3.47. The van der Waals surface area contributed by atoms with Crippen LogP contribution < -0.4 is 38.9 Å². The number of carbonyl (C=O) groups is 5. The lowest BCUT2D eigenvalue weighted by Crippen LogP contribution is -2.58. The predicted octanol–water partition coefficient (Wildman–Crippen LogP) is -0.367. The van der Waals surface area contributed by atoms with Crippen molar-refractivity contribution >= 4 is 35.5 Å². The molecule has 256 valence electrons. The molecule has 1 heterocycles. The quantitative estimate of drug-likeness (QED) is 0.0631. The van der Waals surface area contributed by atoms with E-state index in [0.717, 1.165) is 5.56 Å². The normalized spacial score (nSPS) is 17.1. The molecule has 0 spiro atoms. The van der Waals surface area contributed by atoms with Crippen molar-refractivity contribution in [3.8, 4) is 0 Å². The number of amides is 5. The molecule has 0 saturated carbocycles. The van der Waals surface area contributed by atoms with E-state index in [9.17, 15) is 24.0 Å². The van der Waals surface area contributed by atoms with Crippen LogP contribution >= 0.6 is 0 Å². The van der Waals surface area contributed by atoms with Crippen LogP contribution in [0, 0.1) is 11.8 Å². The van der Waals surface area contributed by atoms with Gasteiger partial charge in [0.05, 0.1) is 6.04 Å². The number of nitrogens with two attached hydrogens (primary N) is 4. The van der Waals surface area contributed by atoms with E-state index >= 15 is 0 Å². The summed E-state index contributed by atoms with van der Waals surface area (Å²) in [6.45, 7) is 8.38. The number of primary amides is 1. The van der Waals surface area contributed by atoms with Gasteiger partial charge in [-0.2, -0.15) is 0 Å². The van der Waals surface area contributed by atoms with Crippen LogP contribution in [-0.2, 0) is 30.4 Å². The molecule has 0 radical (unpaired) electrons. The minimum atomic E-state index is -1.08. The summed E-state index contributed by atoms with van der Waals surface area (Å²) in [7, 11) is 0. The Kier molecular flexibility index (Phi) is 15.4. The van der Waals surface area contributed by atoms with Gasteiger partial charge in [0.15, 0.2) is 5.96 Å². The van der Waals surface area contributed by atoms with E-state index in [-0.39, 0.29) is 49.5 Å². The monoisotopic (exact) mass is 643 g/mol. The summed E-state index contributed by atoms with van der Waals surface area (Å²) in [5.74, 6) is -2.52. The highest BCUT2D eigenvalue weighted by molar-refractivity contribution is 5.96. The predicted molar refractivity (Wildman–Crippen MR) is 177 cm³/mol. The second-order valence-electron chi connectivity index (χ2n) is 12.8. The number of hydrogen-bond acceptors (Lipinski definition) is 7. The highest BCUT2D eigenvalue weighted by Gasteiger charge is 2.38. The molecule has 0 bridgehead atoms. The fraction of sp³-hybridized carbons (Fsp3) is 0.625. The first-order chi connectivity index (χ1) is 21.7. The Balaban J connectivity index is 2.21. The SMILES string of the molecule is CC(C)C[C@H](NC(=O)[C@@H]1CCCN1C(=O)[C@@H](N)CC(C)C)C(=O)N[C@@H](CCCN=C(N)N)C(=O)N[C@@H](Cc1ccccc1)C(N)=O. The third kappa shape index (κ3) is 12.7. The molecule has 1 aromatic rings. The third-order valence-electron chi connectivity index (χ3n) is 7.74. The van der Waals surface area contributed by atoms with Gasteiger partial charge in [-0.25, -0.2) is 0 Å². The van der Waals surface area contributed by atoms with Crippen molar-refractivity contribution in [2.24, 2.45) is 39.8 Å². The van der Waals surface area contributed by atoms with Crippen LogP contribution in [0.4, 0.5) is 0 Å². The second-order valence-corrected chi connectivity index (χ2v) is 12.8. The highest BCUT2D eigenvalue weighted by Crippen LogP contribution is 2.20. The summed E-state index contributed by atoms with van der Waals surface area (Å²) in [4.78, 5) is 71.4. The molecule has 46 heavy (non-hydrogen) atoms. The maximum atomic E-state index is 13.7. The molecular formula is C32H53N9O5. The molecule has 1 aliphatic rings.